The third-order valence-electron chi connectivity index (χ3n) is 2.57. The SMILES string of the molecule is CCc1cccc(C(O)c2cncnc2)c1. The smallest absolute Gasteiger partial charge is 0.115 e. The fraction of sp³-hybridized carbons (Fsp3) is 0.231. The summed E-state index contributed by atoms with van der Waals surface area (Å²) in [6.45, 7) is 2.09. The Hall–Kier alpha value is -1.74. The summed E-state index contributed by atoms with van der Waals surface area (Å²) in [5.74, 6) is 0. The zero-order valence-electron chi connectivity index (χ0n) is 9.17. The molecular formula is C13H14N2O. The number of hydrogen-bond acceptors (Lipinski definition) is 3. The Morgan fingerprint density at radius 2 is 1.94 bits per heavy atom. The second kappa shape index (κ2) is 4.86. The molecular weight excluding hydrogens is 200 g/mol. The molecule has 1 heterocycles. The number of rotatable bonds is 3. The second-order valence-electron chi connectivity index (χ2n) is 3.67. The molecule has 1 aromatic heterocycles. The Bertz CT molecular complexity index is 456. The molecule has 1 unspecified atom stereocenters. The molecule has 82 valence electrons. The van der Waals surface area contributed by atoms with Gasteiger partial charge in [0.2, 0.25) is 0 Å². The van der Waals surface area contributed by atoms with Crippen LogP contribution in [-0.2, 0) is 6.42 Å². The van der Waals surface area contributed by atoms with Gasteiger partial charge in [0.1, 0.15) is 12.4 Å². The third kappa shape index (κ3) is 2.25. The predicted octanol–water partition coefficient (Wildman–Crippen LogP) is 2.12. The van der Waals surface area contributed by atoms with Gasteiger partial charge in [0, 0.05) is 18.0 Å². The van der Waals surface area contributed by atoms with Gasteiger partial charge in [0.15, 0.2) is 0 Å². The Kier molecular flexibility index (Phi) is 3.27. The number of aryl methyl sites for hydroxylation is 1. The fourth-order valence-electron chi connectivity index (χ4n) is 1.63. The van der Waals surface area contributed by atoms with Gasteiger partial charge in [-0.05, 0) is 17.5 Å². The van der Waals surface area contributed by atoms with Crippen molar-refractivity contribution < 1.29 is 5.11 Å². The molecule has 3 nitrogen and oxygen atoms in total. The molecule has 0 spiro atoms. The molecule has 0 aliphatic carbocycles. The lowest BCUT2D eigenvalue weighted by atomic mass is 10.0. The summed E-state index contributed by atoms with van der Waals surface area (Å²) in [4.78, 5) is 7.81. The highest BCUT2D eigenvalue weighted by Gasteiger charge is 2.10. The maximum absolute atomic E-state index is 10.1. The summed E-state index contributed by atoms with van der Waals surface area (Å²) in [5, 5.41) is 10.1. The van der Waals surface area contributed by atoms with E-state index in [0.717, 1.165) is 17.5 Å². The number of aromatic nitrogens is 2. The molecule has 0 fully saturated rings. The third-order valence-corrected chi connectivity index (χ3v) is 2.57. The van der Waals surface area contributed by atoms with Crippen molar-refractivity contribution >= 4 is 0 Å². The first-order valence-electron chi connectivity index (χ1n) is 5.33. The quantitative estimate of drug-likeness (QED) is 0.851. The van der Waals surface area contributed by atoms with Gasteiger partial charge < -0.3 is 5.11 Å². The number of benzene rings is 1. The summed E-state index contributed by atoms with van der Waals surface area (Å²) in [6.07, 6.45) is 5.05. The summed E-state index contributed by atoms with van der Waals surface area (Å²) in [5.41, 5.74) is 2.82. The van der Waals surface area contributed by atoms with Crippen LogP contribution in [0.4, 0.5) is 0 Å². The molecule has 0 aliphatic heterocycles. The zero-order valence-corrected chi connectivity index (χ0v) is 9.17. The minimum Gasteiger partial charge on any atom is -0.384 e. The van der Waals surface area contributed by atoms with Gasteiger partial charge in [-0.25, -0.2) is 9.97 Å². The van der Waals surface area contributed by atoms with Crippen LogP contribution in [0.25, 0.3) is 0 Å². The Morgan fingerprint density at radius 3 is 2.62 bits per heavy atom. The average molecular weight is 214 g/mol. The van der Waals surface area contributed by atoms with Gasteiger partial charge in [-0.1, -0.05) is 31.2 Å². The van der Waals surface area contributed by atoms with E-state index in [-0.39, 0.29) is 0 Å². The first kappa shape index (κ1) is 10.8. The van der Waals surface area contributed by atoms with E-state index in [1.165, 1.54) is 11.9 Å². The van der Waals surface area contributed by atoms with Crippen molar-refractivity contribution in [1.82, 2.24) is 9.97 Å². The number of aliphatic hydroxyl groups is 1. The van der Waals surface area contributed by atoms with Crippen molar-refractivity contribution in [3.8, 4) is 0 Å². The van der Waals surface area contributed by atoms with Crippen LogP contribution in [0.2, 0.25) is 0 Å². The van der Waals surface area contributed by atoms with E-state index in [1.807, 2.05) is 18.2 Å². The minimum atomic E-state index is -0.646. The van der Waals surface area contributed by atoms with E-state index in [2.05, 4.69) is 23.0 Å². The maximum atomic E-state index is 10.1. The van der Waals surface area contributed by atoms with Gasteiger partial charge in [0.05, 0.1) is 0 Å². The van der Waals surface area contributed by atoms with Crippen molar-refractivity contribution in [2.24, 2.45) is 0 Å². The minimum absolute atomic E-state index is 0.646. The first-order chi connectivity index (χ1) is 7.81. The number of aliphatic hydroxyl groups excluding tert-OH is 1. The Balaban J connectivity index is 2.30. The van der Waals surface area contributed by atoms with Crippen LogP contribution >= 0.6 is 0 Å². The molecule has 16 heavy (non-hydrogen) atoms. The maximum Gasteiger partial charge on any atom is 0.115 e. The molecule has 0 bridgehead atoms. The van der Waals surface area contributed by atoms with Crippen LogP contribution in [0.5, 0.6) is 0 Å². The Morgan fingerprint density at radius 1 is 1.19 bits per heavy atom. The van der Waals surface area contributed by atoms with Crippen LogP contribution in [0.15, 0.2) is 43.0 Å². The van der Waals surface area contributed by atoms with E-state index in [9.17, 15) is 5.11 Å². The highest BCUT2D eigenvalue weighted by molar-refractivity contribution is 5.30. The molecule has 0 saturated heterocycles. The van der Waals surface area contributed by atoms with Crippen molar-refractivity contribution in [2.75, 3.05) is 0 Å². The normalized spacial score (nSPS) is 12.4. The topological polar surface area (TPSA) is 46.0 Å². The average Bonchev–Trinajstić information content (AvgIpc) is 2.39. The van der Waals surface area contributed by atoms with Gasteiger partial charge in [-0.15, -0.1) is 0 Å². The molecule has 2 aromatic rings. The second-order valence-corrected chi connectivity index (χ2v) is 3.67. The fourth-order valence-corrected chi connectivity index (χ4v) is 1.63. The summed E-state index contributed by atoms with van der Waals surface area (Å²) < 4.78 is 0. The summed E-state index contributed by atoms with van der Waals surface area (Å²) in [6, 6.07) is 7.94. The van der Waals surface area contributed by atoms with E-state index in [1.54, 1.807) is 12.4 Å². The lowest BCUT2D eigenvalue weighted by molar-refractivity contribution is 0.219. The molecule has 0 saturated carbocycles. The molecule has 1 aromatic carbocycles. The predicted molar refractivity (Wildman–Crippen MR) is 61.9 cm³/mol. The monoisotopic (exact) mass is 214 g/mol. The summed E-state index contributed by atoms with van der Waals surface area (Å²) >= 11 is 0. The van der Waals surface area contributed by atoms with Gasteiger partial charge >= 0.3 is 0 Å². The van der Waals surface area contributed by atoms with Crippen LogP contribution in [-0.4, -0.2) is 15.1 Å². The van der Waals surface area contributed by atoms with Crippen LogP contribution < -0.4 is 0 Å². The van der Waals surface area contributed by atoms with E-state index in [0.29, 0.717) is 0 Å². The molecule has 0 amide bonds. The van der Waals surface area contributed by atoms with Crippen molar-refractivity contribution in [2.45, 2.75) is 19.4 Å². The van der Waals surface area contributed by atoms with Crippen LogP contribution in [0.3, 0.4) is 0 Å². The lowest BCUT2D eigenvalue weighted by Crippen LogP contribution is -2.01. The highest BCUT2D eigenvalue weighted by atomic mass is 16.3. The van der Waals surface area contributed by atoms with Crippen molar-refractivity contribution in [1.29, 1.82) is 0 Å². The van der Waals surface area contributed by atoms with Crippen molar-refractivity contribution in [3.05, 3.63) is 59.7 Å². The molecule has 2 rings (SSSR count). The lowest BCUT2D eigenvalue weighted by Gasteiger charge is -2.11. The zero-order chi connectivity index (χ0) is 11.4. The molecule has 1 N–H and O–H groups in total. The highest BCUT2D eigenvalue weighted by Crippen LogP contribution is 2.21. The number of hydrogen-bond donors (Lipinski definition) is 1. The van der Waals surface area contributed by atoms with Crippen LogP contribution in [0.1, 0.15) is 29.7 Å². The molecule has 0 radical (unpaired) electrons. The van der Waals surface area contributed by atoms with Gasteiger partial charge in [-0.2, -0.15) is 0 Å². The van der Waals surface area contributed by atoms with Gasteiger partial charge in [-0.3, -0.25) is 0 Å². The van der Waals surface area contributed by atoms with Crippen LogP contribution in [0, 0.1) is 0 Å². The van der Waals surface area contributed by atoms with Gasteiger partial charge in [0.25, 0.3) is 0 Å². The van der Waals surface area contributed by atoms with E-state index < -0.39 is 6.10 Å². The van der Waals surface area contributed by atoms with Crippen molar-refractivity contribution in [3.63, 3.8) is 0 Å². The molecule has 1 atom stereocenters. The standard InChI is InChI=1S/C13H14N2O/c1-2-10-4-3-5-11(6-10)13(16)12-7-14-9-15-8-12/h3-9,13,16H,2H2,1H3. The van der Waals surface area contributed by atoms with E-state index >= 15 is 0 Å². The molecule has 3 heteroatoms. The largest absolute Gasteiger partial charge is 0.384 e. The van der Waals surface area contributed by atoms with E-state index in [4.69, 9.17) is 0 Å². The Labute approximate surface area is 94.8 Å². The first-order valence-corrected chi connectivity index (χ1v) is 5.33. The summed E-state index contributed by atoms with van der Waals surface area (Å²) in [7, 11) is 0. The number of nitrogens with zero attached hydrogens (tertiary/aromatic N) is 2. The molecule has 0 aliphatic rings.